The van der Waals surface area contributed by atoms with Crippen LogP contribution in [0.25, 0.3) is 10.6 Å². The fourth-order valence-electron chi connectivity index (χ4n) is 1.84. The van der Waals surface area contributed by atoms with Crippen molar-refractivity contribution in [1.29, 1.82) is 0 Å². The van der Waals surface area contributed by atoms with Gasteiger partial charge in [0, 0.05) is 11.1 Å². The van der Waals surface area contributed by atoms with Crippen molar-refractivity contribution >= 4 is 40.5 Å². The van der Waals surface area contributed by atoms with E-state index in [1.807, 2.05) is 17.5 Å². The summed E-state index contributed by atoms with van der Waals surface area (Å²) in [6.45, 7) is -0.262. The zero-order chi connectivity index (χ0) is 16.9. The highest BCUT2D eigenvalue weighted by atomic mass is 35.5. The lowest BCUT2D eigenvalue weighted by atomic mass is 10.3. The third-order valence-electron chi connectivity index (χ3n) is 2.94. The molecule has 24 heavy (non-hydrogen) atoms. The minimum absolute atomic E-state index is 0.00538. The predicted molar refractivity (Wildman–Crippen MR) is 91.6 cm³/mol. The van der Waals surface area contributed by atoms with Gasteiger partial charge in [0.15, 0.2) is 12.4 Å². The molecule has 2 heterocycles. The number of aromatic nitrogens is 1. The van der Waals surface area contributed by atoms with E-state index in [2.05, 4.69) is 5.16 Å². The van der Waals surface area contributed by atoms with Crippen molar-refractivity contribution in [3.63, 3.8) is 0 Å². The molecule has 124 valence electrons. The Labute approximate surface area is 151 Å². The molecule has 2 aromatic heterocycles. The summed E-state index contributed by atoms with van der Waals surface area (Å²) in [6.07, 6.45) is 0. The standard InChI is InChI=1S/C16H11Cl2NO4S/c17-10-3-4-13(12(18)6-10)21-9-16(20)22-8-11-7-14(23-19-11)15-2-1-5-24-15/h1-7H,8-9H2. The van der Waals surface area contributed by atoms with Crippen molar-refractivity contribution in [1.82, 2.24) is 5.16 Å². The number of ether oxygens (including phenoxy) is 2. The molecule has 0 aliphatic heterocycles. The van der Waals surface area contributed by atoms with Crippen LogP contribution < -0.4 is 4.74 Å². The number of esters is 1. The molecule has 1 aromatic carbocycles. The maximum atomic E-state index is 11.7. The molecule has 0 amide bonds. The predicted octanol–water partition coefficient (Wildman–Crippen LogP) is 4.83. The number of halogens is 2. The Kier molecular flexibility index (Phi) is 5.40. The number of benzene rings is 1. The highest BCUT2D eigenvalue weighted by Gasteiger charge is 2.11. The lowest BCUT2D eigenvalue weighted by molar-refractivity contribution is -0.147. The summed E-state index contributed by atoms with van der Waals surface area (Å²) in [5.41, 5.74) is 0.524. The number of carbonyl (C=O) groups excluding carboxylic acids is 1. The maximum Gasteiger partial charge on any atom is 0.344 e. The summed E-state index contributed by atoms with van der Waals surface area (Å²) in [4.78, 5) is 12.7. The minimum Gasteiger partial charge on any atom is -0.480 e. The van der Waals surface area contributed by atoms with Crippen molar-refractivity contribution in [2.45, 2.75) is 6.61 Å². The largest absolute Gasteiger partial charge is 0.480 e. The lowest BCUT2D eigenvalue weighted by Gasteiger charge is -2.07. The van der Waals surface area contributed by atoms with E-state index < -0.39 is 5.97 Å². The second-order valence-electron chi connectivity index (χ2n) is 4.68. The van der Waals surface area contributed by atoms with Gasteiger partial charge in [-0.1, -0.05) is 34.4 Å². The molecule has 0 radical (unpaired) electrons. The molecule has 0 saturated carbocycles. The molecule has 8 heteroatoms. The molecule has 5 nitrogen and oxygen atoms in total. The topological polar surface area (TPSA) is 61.6 Å². The third-order valence-corrected chi connectivity index (χ3v) is 4.36. The van der Waals surface area contributed by atoms with Gasteiger partial charge < -0.3 is 14.0 Å². The van der Waals surface area contributed by atoms with Crippen LogP contribution in [0.4, 0.5) is 0 Å². The van der Waals surface area contributed by atoms with Gasteiger partial charge in [-0.25, -0.2) is 4.79 Å². The molecule has 0 aliphatic rings. The van der Waals surface area contributed by atoms with E-state index in [0.29, 0.717) is 27.2 Å². The molecule has 0 unspecified atom stereocenters. The van der Waals surface area contributed by atoms with E-state index in [0.717, 1.165) is 4.88 Å². The van der Waals surface area contributed by atoms with E-state index in [4.69, 9.17) is 37.2 Å². The van der Waals surface area contributed by atoms with Crippen LogP contribution in [0, 0.1) is 0 Å². The zero-order valence-electron chi connectivity index (χ0n) is 12.2. The van der Waals surface area contributed by atoms with Gasteiger partial charge in [-0.15, -0.1) is 11.3 Å². The van der Waals surface area contributed by atoms with Crippen LogP contribution in [-0.4, -0.2) is 17.7 Å². The van der Waals surface area contributed by atoms with Crippen molar-refractivity contribution in [3.8, 4) is 16.4 Å². The summed E-state index contributed by atoms with van der Waals surface area (Å²) in [5.74, 6) is 0.460. The highest BCUT2D eigenvalue weighted by molar-refractivity contribution is 7.13. The Morgan fingerprint density at radius 1 is 1.25 bits per heavy atom. The Morgan fingerprint density at radius 3 is 2.88 bits per heavy atom. The van der Waals surface area contributed by atoms with Gasteiger partial charge in [0.1, 0.15) is 18.1 Å². The number of hydrogen-bond donors (Lipinski definition) is 0. The molecular formula is C16H11Cl2NO4S. The summed E-state index contributed by atoms with van der Waals surface area (Å²) in [5, 5.41) is 6.62. The fourth-order valence-corrected chi connectivity index (χ4v) is 2.98. The van der Waals surface area contributed by atoms with Gasteiger partial charge in [-0.05, 0) is 29.6 Å². The number of rotatable bonds is 6. The van der Waals surface area contributed by atoms with Gasteiger partial charge in [0.05, 0.1) is 9.90 Å². The molecule has 0 saturated heterocycles. The van der Waals surface area contributed by atoms with Crippen LogP contribution in [0.2, 0.25) is 10.0 Å². The second kappa shape index (κ2) is 7.70. The van der Waals surface area contributed by atoms with E-state index in [-0.39, 0.29) is 13.2 Å². The number of nitrogens with zero attached hydrogens (tertiary/aromatic N) is 1. The van der Waals surface area contributed by atoms with Gasteiger partial charge in [-0.3, -0.25) is 0 Å². The molecule has 0 bridgehead atoms. The first-order valence-corrected chi connectivity index (χ1v) is 8.48. The van der Waals surface area contributed by atoms with Crippen LogP contribution in [0.1, 0.15) is 5.69 Å². The summed E-state index contributed by atoms with van der Waals surface area (Å²) in [6, 6.07) is 10.3. The maximum absolute atomic E-state index is 11.7. The first kappa shape index (κ1) is 16.8. The summed E-state index contributed by atoms with van der Waals surface area (Å²) < 4.78 is 15.6. The smallest absolute Gasteiger partial charge is 0.344 e. The van der Waals surface area contributed by atoms with Gasteiger partial charge in [0.2, 0.25) is 0 Å². The SMILES string of the molecule is O=C(COc1ccc(Cl)cc1Cl)OCc1cc(-c2cccs2)on1. The average molecular weight is 384 g/mol. The highest BCUT2D eigenvalue weighted by Crippen LogP contribution is 2.27. The first-order valence-electron chi connectivity index (χ1n) is 6.85. The van der Waals surface area contributed by atoms with E-state index in [1.54, 1.807) is 18.2 Å². The molecular weight excluding hydrogens is 373 g/mol. The molecule has 3 rings (SSSR count). The number of carbonyl (C=O) groups is 1. The second-order valence-corrected chi connectivity index (χ2v) is 6.48. The van der Waals surface area contributed by atoms with E-state index in [9.17, 15) is 4.79 Å². The summed E-state index contributed by atoms with van der Waals surface area (Å²) in [7, 11) is 0. The normalized spacial score (nSPS) is 10.6. The van der Waals surface area contributed by atoms with Crippen LogP contribution >= 0.6 is 34.5 Å². The number of hydrogen-bond acceptors (Lipinski definition) is 6. The van der Waals surface area contributed by atoms with Gasteiger partial charge in [-0.2, -0.15) is 0 Å². The van der Waals surface area contributed by atoms with E-state index >= 15 is 0 Å². The first-order chi connectivity index (χ1) is 11.6. The minimum atomic E-state index is -0.540. The molecule has 0 N–H and O–H groups in total. The van der Waals surface area contributed by atoms with Crippen LogP contribution in [0.15, 0.2) is 46.3 Å². The monoisotopic (exact) mass is 383 g/mol. The molecule has 0 fully saturated rings. The lowest BCUT2D eigenvalue weighted by Crippen LogP contribution is -2.15. The molecule has 0 spiro atoms. The van der Waals surface area contributed by atoms with Gasteiger partial charge in [0.25, 0.3) is 0 Å². The summed E-state index contributed by atoms with van der Waals surface area (Å²) >= 11 is 13.3. The van der Waals surface area contributed by atoms with Crippen molar-refractivity contribution in [3.05, 3.63) is 57.5 Å². The van der Waals surface area contributed by atoms with E-state index in [1.165, 1.54) is 17.4 Å². The van der Waals surface area contributed by atoms with Crippen LogP contribution in [0.3, 0.4) is 0 Å². The molecule has 0 atom stereocenters. The van der Waals surface area contributed by atoms with Crippen LogP contribution in [0.5, 0.6) is 5.75 Å². The van der Waals surface area contributed by atoms with Crippen molar-refractivity contribution in [2.24, 2.45) is 0 Å². The van der Waals surface area contributed by atoms with Crippen molar-refractivity contribution < 1.29 is 18.8 Å². The van der Waals surface area contributed by atoms with Gasteiger partial charge >= 0.3 is 5.97 Å². The van der Waals surface area contributed by atoms with Crippen molar-refractivity contribution in [2.75, 3.05) is 6.61 Å². The Bertz CT molecular complexity index is 832. The fraction of sp³-hybridized carbons (Fsp3) is 0.125. The Balaban J connectivity index is 1.49. The Hall–Kier alpha value is -2.02. The molecule has 0 aliphatic carbocycles. The quantitative estimate of drug-likeness (QED) is 0.570. The third kappa shape index (κ3) is 4.29. The average Bonchev–Trinajstić information content (AvgIpc) is 3.23. The molecule has 3 aromatic rings. The Morgan fingerprint density at radius 2 is 2.12 bits per heavy atom. The zero-order valence-corrected chi connectivity index (χ0v) is 14.5. The van der Waals surface area contributed by atoms with Crippen LogP contribution in [-0.2, 0) is 16.1 Å². The number of thiophene rings is 1.